The lowest BCUT2D eigenvalue weighted by atomic mass is 10.1. The van der Waals surface area contributed by atoms with E-state index in [1.807, 2.05) is 0 Å². The van der Waals surface area contributed by atoms with Gasteiger partial charge in [0.05, 0.1) is 0 Å². The van der Waals surface area contributed by atoms with E-state index in [4.69, 9.17) is 4.74 Å². The number of hydrogen-bond acceptors (Lipinski definition) is 2. The fourth-order valence-corrected chi connectivity index (χ4v) is 2.10. The Hall–Kier alpha value is -2.50. The predicted molar refractivity (Wildman–Crippen MR) is 77.3 cm³/mol. The van der Waals surface area contributed by atoms with Crippen LogP contribution in [0.1, 0.15) is 24.5 Å². The zero-order valence-corrected chi connectivity index (χ0v) is 12.1. The molecule has 6 heteroatoms. The highest BCUT2D eigenvalue weighted by atomic mass is 19.2. The van der Waals surface area contributed by atoms with Crippen molar-refractivity contribution in [3.63, 3.8) is 0 Å². The molecule has 23 heavy (non-hydrogen) atoms. The molecule has 2 aromatic rings. The monoisotopic (exact) mass is 321 g/mol. The number of benzene rings is 2. The van der Waals surface area contributed by atoms with Crippen molar-refractivity contribution >= 4 is 5.91 Å². The first-order valence-corrected chi connectivity index (χ1v) is 7.20. The minimum atomic E-state index is -1.07. The molecule has 0 saturated heterocycles. The smallest absolute Gasteiger partial charge is 0.266 e. The van der Waals surface area contributed by atoms with Gasteiger partial charge in [0.15, 0.2) is 11.6 Å². The number of carbonyl (C=O) groups excluding carboxylic acids is 1. The second-order valence-electron chi connectivity index (χ2n) is 5.41. The van der Waals surface area contributed by atoms with Gasteiger partial charge in [-0.3, -0.25) is 4.79 Å². The Morgan fingerprint density at radius 1 is 1.04 bits per heavy atom. The van der Waals surface area contributed by atoms with Crippen molar-refractivity contribution in [2.45, 2.75) is 25.0 Å². The summed E-state index contributed by atoms with van der Waals surface area (Å²) in [5, 5.41) is 2.79. The first-order valence-electron chi connectivity index (χ1n) is 7.20. The van der Waals surface area contributed by atoms with Gasteiger partial charge in [-0.15, -0.1) is 0 Å². The second-order valence-corrected chi connectivity index (χ2v) is 5.41. The standard InChI is InChI=1S/C17H14F3NO2/c18-11-3-1-10(2-4-11)16(17(22)21-12-5-6-12)23-13-7-8-14(19)15(20)9-13/h1-4,7-9,12,16H,5-6H2,(H,21,22). The van der Waals surface area contributed by atoms with Gasteiger partial charge >= 0.3 is 0 Å². The van der Waals surface area contributed by atoms with Gasteiger partial charge in [0, 0.05) is 17.7 Å². The van der Waals surface area contributed by atoms with Crippen LogP contribution in [0.4, 0.5) is 13.2 Å². The van der Waals surface area contributed by atoms with E-state index in [1.165, 1.54) is 30.3 Å². The Balaban J connectivity index is 1.85. The summed E-state index contributed by atoms with van der Waals surface area (Å²) in [6, 6.07) is 8.40. The van der Waals surface area contributed by atoms with E-state index in [0.29, 0.717) is 5.56 Å². The molecule has 0 heterocycles. The first-order chi connectivity index (χ1) is 11.0. The van der Waals surface area contributed by atoms with E-state index < -0.39 is 29.5 Å². The van der Waals surface area contributed by atoms with Gasteiger partial charge in [-0.1, -0.05) is 12.1 Å². The number of nitrogens with one attached hydrogen (secondary N) is 1. The van der Waals surface area contributed by atoms with E-state index in [-0.39, 0.29) is 11.8 Å². The highest BCUT2D eigenvalue weighted by Crippen LogP contribution is 2.26. The fraction of sp³-hybridized carbons (Fsp3) is 0.235. The fourth-order valence-electron chi connectivity index (χ4n) is 2.10. The lowest BCUT2D eigenvalue weighted by molar-refractivity contribution is -0.128. The van der Waals surface area contributed by atoms with Crippen molar-refractivity contribution in [2.24, 2.45) is 0 Å². The van der Waals surface area contributed by atoms with Crippen LogP contribution in [0.2, 0.25) is 0 Å². The average molecular weight is 321 g/mol. The Morgan fingerprint density at radius 2 is 1.74 bits per heavy atom. The third kappa shape index (κ3) is 3.83. The summed E-state index contributed by atoms with van der Waals surface area (Å²) in [4.78, 5) is 12.3. The summed E-state index contributed by atoms with van der Waals surface area (Å²) in [5.41, 5.74) is 0.425. The van der Waals surface area contributed by atoms with Gasteiger partial charge in [0.2, 0.25) is 6.10 Å². The van der Waals surface area contributed by atoms with Crippen molar-refractivity contribution in [1.82, 2.24) is 5.32 Å². The molecule has 1 saturated carbocycles. The van der Waals surface area contributed by atoms with E-state index >= 15 is 0 Å². The van der Waals surface area contributed by atoms with Crippen LogP contribution in [0.15, 0.2) is 42.5 Å². The molecule has 1 amide bonds. The number of ether oxygens (including phenoxy) is 1. The van der Waals surface area contributed by atoms with Gasteiger partial charge in [-0.25, -0.2) is 13.2 Å². The summed E-state index contributed by atoms with van der Waals surface area (Å²) < 4.78 is 44.9. The van der Waals surface area contributed by atoms with E-state index in [9.17, 15) is 18.0 Å². The molecule has 3 rings (SSSR count). The highest BCUT2D eigenvalue weighted by molar-refractivity contribution is 5.83. The molecule has 1 N–H and O–H groups in total. The molecular weight excluding hydrogens is 307 g/mol. The average Bonchev–Trinajstić information content (AvgIpc) is 3.33. The van der Waals surface area contributed by atoms with Crippen LogP contribution in [0, 0.1) is 17.5 Å². The van der Waals surface area contributed by atoms with Gasteiger partial charge in [-0.05, 0) is 37.1 Å². The molecule has 0 aliphatic heterocycles. The molecule has 2 aromatic carbocycles. The van der Waals surface area contributed by atoms with Gasteiger partial charge in [0.1, 0.15) is 11.6 Å². The molecule has 1 atom stereocenters. The van der Waals surface area contributed by atoms with Crippen LogP contribution < -0.4 is 10.1 Å². The highest BCUT2D eigenvalue weighted by Gasteiger charge is 2.30. The SMILES string of the molecule is O=C(NC1CC1)C(Oc1ccc(F)c(F)c1)c1ccc(F)cc1. The van der Waals surface area contributed by atoms with E-state index in [1.54, 1.807) is 0 Å². The maximum Gasteiger partial charge on any atom is 0.266 e. The molecule has 1 aliphatic rings. The van der Waals surface area contributed by atoms with Crippen LogP contribution in [0.3, 0.4) is 0 Å². The van der Waals surface area contributed by atoms with Crippen molar-refractivity contribution in [3.05, 3.63) is 65.5 Å². The van der Waals surface area contributed by atoms with Gasteiger partial charge in [-0.2, -0.15) is 0 Å². The minimum absolute atomic E-state index is 0.0178. The number of carbonyl (C=O) groups is 1. The molecular formula is C17H14F3NO2. The Labute approximate surface area is 131 Å². The summed E-state index contributed by atoms with van der Waals surface area (Å²) in [7, 11) is 0. The Morgan fingerprint density at radius 3 is 2.35 bits per heavy atom. The quantitative estimate of drug-likeness (QED) is 0.915. The zero-order valence-electron chi connectivity index (χ0n) is 12.1. The summed E-state index contributed by atoms with van der Waals surface area (Å²) in [6.45, 7) is 0. The Bertz CT molecular complexity index is 714. The van der Waals surface area contributed by atoms with E-state index in [0.717, 1.165) is 25.0 Å². The lowest BCUT2D eigenvalue weighted by Crippen LogP contribution is -2.33. The molecule has 1 fully saturated rings. The summed E-state index contributed by atoms with van der Waals surface area (Å²) >= 11 is 0. The molecule has 0 bridgehead atoms. The maximum atomic E-state index is 13.3. The third-order valence-electron chi connectivity index (χ3n) is 3.48. The maximum absolute atomic E-state index is 13.3. The molecule has 0 radical (unpaired) electrons. The van der Waals surface area contributed by atoms with Crippen LogP contribution >= 0.6 is 0 Å². The molecule has 0 spiro atoms. The van der Waals surface area contributed by atoms with Gasteiger partial charge < -0.3 is 10.1 Å². The van der Waals surface area contributed by atoms with Crippen LogP contribution in [0.5, 0.6) is 5.75 Å². The van der Waals surface area contributed by atoms with Crippen LogP contribution in [-0.4, -0.2) is 11.9 Å². The van der Waals surface area contributed by atoms with Crippen molar-refractivity contribution < 1.29 is 22.7 Å². The third-order valence-corrected chi connectivity index (χ3v) is 3.48. The predicted octanol–water partition coefficient (Wildman–Crippen LogP) is 3.50. The van der Waals surface area contributed by atoms with Crippen LogP contribution in [-0.2, 0) is 4.79 Å². The Kier molecular flexibility index (Phi) is 4.23. The molecule has 0 aromatic heterocycles. The van der Waals surface area contributed by atoms with Crippen molar-refractivity contribution in [2.75, 3.05) is 0 Å². The summed E-state index contributed by atoms with van der Waals surface area (Å²) in [5.74, 6) is -2.89. The molecule has 3 nitrogen and oxygen atoms in total. The molecule has 1 unspecified atom stereocenters. The molecule has 120 valence electrons. The lowest BCUT2D eigenvalue weighted by Gasteiger charge is -2.19. The normalized spacial score (nSPS) is 15.1. The van der Waals surface area contributed by atoms with Crippen molar-refractivity contribution in [3.8, 4) is 5.75 Å². The molecule has 1 aliphatic carbocycles. The largest absolute Gasteiger partial charge is 0.476 e. The first kappa shape index (κ1) is 15.4. The summed E-state index contributed by atoms with van der Waals surface area (Å²) in [6.07, 6.45) is 0.723. The van der Waals surface area contributed by atoms with Crippen LogP contribution in [0.25, 0.3) is 0 Å². The van der Waals surface area contributed by atoms with E-state index in [2.05, 4.69) is 5.32 Å². The number of amides is 1. The number of hydrogen-bond donors (Lipinski definition) is 1. The van der Waals surface area contributed by atoms with Crippen molar-refractivity contribution in [1.29, 1.82) is 0 Å². The number of rotatable bonds is 5. The minimum Gasteiger partial charge on any atom is -0.476 e. The second kappa shape index (κ2) is 6.32. The van der Waals surface area contributed by atoms with Gasteiger partial charge in [0.25, 0.3) is 5.91 Å². The zero-order chi connectivity index (χ0) is 16.4. The topological polar surface area (TPSA) is 38.3 Å². The number of halogens is 3.